The van der Waals surface area contributed by atoms with Gasteiger partial charge >= 0.3 is 0 Å². The van der Waals surface area contributed by atoms with Crippen LogP contribution in [0.1, 0.15) is 103 Å². The van der Waals surface area contributed by atoms with Gasteiger partial charge in [-0.3, -0.25) is 4.99 Å². The molecular weight excluding hydrogens is 424 g/mol. The van der Waals surface area contributed by atoms with Gasteiger partial charge in [-0.2, -0.15) is 0 Å². The summed E-state index contributed by atoms with van der Waals surface area (Å²) in [4.78, 5) is 8.10. The predicted molar refractivity (Wildman–Crippen MR) is 157 cm³/mol. The van der Waals surface area contributed by atoms with Crippen molar-refractivity contribution in [2.24, 2.45) is 4.99 Å². The average Bonchev–Trinajstić information content (AvgIpc) is 2.85. The molecule has 1 heterocycles. The Kier molecular flexibility index (Phi) is 6.73. The molecule has 3 rings (SSSR count). The molecule has 0 aliphatic carbocycles. The summed E-state index contributed by atoms with van der Waals surface area (Å²) in [7, 11) is 2.26. The first-order valence-corrected chi connectivity index (χ1v) is 13.1. The summed E-state index contributed by atoms with van der Waals surface area (Å²) in [6.07, 6.45) is 0. The molecule has 2 heteroatoms. The van der Waals surface area contributed by atoms with Gasteiger partial charge in [0.05, 0.1) is 16.8 Å². The van der Waals surface area contributed by atoms with Gasteiger partial charge in [-0.25, -0.2) is 0 Å². The molecule has 0 atom stereocenters. The molecule has 0 saturated heterocycles. The van der Waals surface area contributed by atoms with Gasteiger partial charge in [0.25, 0.3) is 0 Å². The van der Waals surface area contributed by atoms with Crippen molar-refractivity contribution in [1.82, 2.24) is 0 Å². The minimum absolute atomic E-state index is 0.153. The lowest BCUT2D eigenvalue weighted by atomic mass is 9.81. The largest absolute Gasteiger partial charge is 0.366 e. The Morgan fingerprint density at radius 1 is 0.571 bits per heavy atom. The van der Waals surface area contributed by atoms with Crippen molar-refractivity contribution in [3.05, 3.63) is 66.8 Å². The number of nitrogens with zero attached hydrogens (tertiary/aromatic N) is 2. The van der Waals surface area contributed by atoms with E-state index in [0.29, 0.717) is 0 Å². The van der Waals surface area contributed by atoms with Crippen molar-refractivity contribution >= 4 is 17.0 Å². The fourth-order valence-corrected chi connectivity index (χ4v) is 5.86. The second-order valence-corrected chi connectivity index (χ2v) is 12.1. The molecule has 0 bridgehead atoms. The Bertz CT molecular complexity index is 1270. The van der Waals surface area contributed by atoms with Crippen LogP contribution in [0.25, 0.3) is 5.57 Å². The van der Waals surface area contributed by atoms with Gasteiger partial charge in [-0.05, 0) is 171 Å². The van der Waals surface area contributed by atoms with Crippen LogP contribution in [0.4, 0.5) is 5.69 Å². The lowest BCUT2D eigenvalue weighted by molar-refractivity contribution is 0.301. The molecule has 35 heavy (non-hydrogen) atoms. The Morgan fingerprint density at radius 2 is 0.971 bits per heavy atom. The average molecular weight is 473 g/mol. The number of allylic oxidation sites excluding steroid dienone is 2. The number of aliphatic imine (C=N–C) groups is 1. The van der Waals surface area contributed by atoms with Crippen LogP contribution in [0.3, 0.4) is 0 Å². The van der Waals surface area contributed by atoms with E-state index in [9.17, 15) is 0 Å². The van der Waals surface area contributed by atoms with Crippen LogP contribution in [0.5, 0.6) is 0 Å². The number of rotatable bonds is 2. The van der Waals surface area contributed by atoms with Crippen molar-refractivity contribution in [2.45, 2.75) is 115 Å². The highest BCUT2D eigenvalue weighted by Crippen LogP contribution is 2.45. The van der Waals surface area contributed by atoms with Crippen molar-refractivity contribution in [2.75, 3.05) is 11.9 Å². The van der Waals surface area contributed by atoms with E-state index < -0.39 is 0 Å². The number of benzene rings is 2. The van der Waals surface area contributed by atoms with E-state index >= 15 is 0 Å². The Balaban J connectivity index is 2.53. The number of benzodiazepines with no additional fused rings is 1. The maximum Gasteiger partial charge on any atom is 0.0784 e. The number of anilines is 1. The fourth-order valence-electron chi connectivity index (χ4n) is 5.86. The highest BCUT2D eigenvalue weighted by molar-refractivity contribution is 6.21. The highest BCUT2D eigenvalue weighted by atomic mass is 15.2. The van der Waals surface area contributed by atoms with E-state index in [1.54, 1.807) is 0 Å². The van der Waals surface area contributed by atoms with Crippen LogP contribution in [-0.2, 0) is 0 Å². The molecule has 0 radical (unpaired) electrons. The standard InChI is InChI=1S/C33H48N2/c1-17-18(2)22(6)28(23(7)19(17)3)25(9)26(10)30-29-24(8)20(4)21(5)27(11)31(29)35(16)33(14,15)32(12,13)34-30/h1-16H3/b26-25+. The van der Waals surface area contributed by atoms with Crippen LogP contribution in [0.2, 0.25) is 0 Å². The summed E-state index contributed by atoms with van der Waals surface area (Å²) in [5.74, 6) is 0. The zero-order valence-corrected chi connectivity index (χ0v) is 25.4. The zero-order chi connectivity index (χ0) is 26.9. The fraction of sp³-hybridized carbons (Fsp3) is 0.545. The predicted octanol–water partition coefficient (Wildman–Crippen LogP) is 8.75. The summed E-state index contributed by atoms with van der Waals surface area (Å²) in [6.45, 7) is 34.3. The van der Waals surface area contributed by atoms with Crippen LogP contribution in [-0.4, -0.2) is 23.8 Å². The van der Waals surface area contributed by atoms with E-state index in [1.807, 2.05) is 0 Å². The van der Waals surface area contributed by atoms with Crippen molar-refractivity contribution < 1.29 is 0 Å². The number of fused-ring (bicyclic) bond motifs is 1. The summed E-state index contributed by atoms with van der Waals surface area (Å²) >= 11 is 0. The zero-order valence-electron chi connectivity index (χ0n) is 25.4. The SMILES string of the molecule is C/C(C1=NC(C)(C)C(C)(C)N(C)c2c(C)c(C)c(C)c(C)c21)=C(/C)c1c(C)c(C)c(C)c(C)c1C. The highest BCUT2D eigenvalue weighted by Gasteiger charge is 2.45. The maximum atomic E-state index is 5.61. The van der Waals surface area contributed by atoms with E-state index in [0.717, 1.165) is 5.71 Å². The third kappa shape index (κ3) is 3.79. The molecule has 0 fully saturated rings. The van der Waals surface area contributed by atoms with E-state index in [2.05, 4.69) is 116 Å². The minimum atomic E-state index is -0.276. The van der Waals surface area contributed by atoms with E-state index in [1.165, 1.54) is 78.0 Å². The third-order valence-corrected chi connectivity index (χ3v) is 10.2. The maximum absolute atomic E-state index is 5.61. The van der Waals surface area contributed by atoms with Crippen LogP contribution < -0.4 is 4.90 Å². The second kappa shape index (κ2) is 8.64. The number of hydrogen-bond donors (Lipinski definition) is 0. The summed E-state index contributed by atoms with van der Waals surface area (Å²) in [5, 5.41) is 0. The Labute approximate surface area is 215 Å². The first-order valence-electron chi connectivity index (χ1n) is 13.1. The van der Waals surface area contributed by atoms with Gasteiger partial charge in [0.2, 0.25) is 0 Å². The number of hydrogen-bond acceptors (Lipinski definition) is 2. The van der Waals surface area contributed by atoms with Gasteiger partial charge in [0.1, 0.15) is 0 Å². The van der Waals surface area contributed by atoms with Gasteiger partial charge in [-0.15, -0.1) is 0 Å². The molecule has 1 aliphatic heterocycles. The molecule has 0 saturated carbocycles. The smallest absolute Gasteiger partial charge is 0.0784 e. The van der Waals surface area contributed by atoms with Crippen molar-refractivity contribution in [3.63, 3.8) is 0 Å². The summed E-state index contributed by atoms with van der Waals surface area (Å²) in [5.41, 5.74) is 19.8. The Hall–Kier alpha value is -2.35. The normalized spacial score (nSPS) is 17.6. The molecular formula is C33H48N2. The third-order valence-electron chi connectivity index (χ3n) is 10.2. The molecule has 0 amide bonds. The van der Waals surface area contributed by atoms with E-state index in [4.69, 9.17) is 4.99 Å². The summed E-state index contributed by atoms with van der Waals surface area (Å²) < 4.78 is 0. The molecule has 2 aromatic rings. The van der Waals surface area contributed by atoms with Gasteiger partial charge in [0.15, 0.2) is 0 Å². The van der Waals surface area contributed by atoms with Gasteiger partial charge < -0.3 is 4.90 Å². The number of likely N-dealkylation sites (N-methyl/N-ethyl adjacent to an activating group) is 1. The van der Waals surface area contributed by atoms with E-state index in [-0.39, 0.29) is 11.1 Å². The monoisotopic (exact) mass is 472 g/mol. The quantitative estimate of drug-likeness (QED) is 0.426. The van der Waals surface area contributed by atoms with Crippen molar-refractivity contribution in [3.8, 4) is 0 Å². The molecule has 0 unspecified atom stereocenters. The van der Waals surface area contributed by atoms with Gasteiger partial charge in [0, 0.05) is 18.3 Å². The van der Waals surface area contributed by atoms with Gasteiger partial charge in [-0.1, -0.05) is 0 Å². The first kappa shape index (κ1) is 27.2. The molecule has 190 valence electrons. The molecule has 0 aromatic heterocycles. The molecule has 0 N–H and O–H groups in total. The molecule has 1 aliphatic rings. The minimum Gasteiger partial charge on any atom is -0.366 e. The lowest BCUT2D eigenvalue weighted by Crippen LogP contribution is -2.55. The molecule has 2 nitrogen and oxygen atoms in total. The second-order valence-electron chi connectivity index (χ2n) is 12.1. The molecule has 0 spiro atoms. The summed E-state index contributed by atoms with van der Waals surface area (Å²) in [6, 6.07) is 0. The molecule has 2 aromatic carbocycles. The van der Waals surface area contributed by atoms with Crippen LogP contribution >= 0.6 is 0 Å². The lowest BCUT2D eigenvalue weighted by Gasteiger charge is -2.46. The Morgan fingerprint density at radius 3 is 1.46 bits per heavy atom. The topological polar surface area (TPSA) is 15.6 Å². The first-order chi connectivity index (χ1) is 15.9. The van der Waals surface area contributed by atoms with Crippen LogP contribution in [0.15, 0.2) is 10.6 Å². The van der Waals surface area contributed by atoms with Crippen molar-refractivity contribution in [1.29, 1.82) is 0 Å². The van der Waals surface area contributed by atoms with Crippen LogP contribution in [0, 0.1) is 62.3 Å².